The molecule has 7 heteroatoms. The van der Waals surface area contributed by atoms with Crippen LogP contribution in [0.15, 0.2) is 71.7 Å². The number of nitrogens with one attached hydrogen (secondary N) is 1. The lowest BCUT2D eigenvalue weighted by atomic mass is 10.2. The minimum absolute atomic E-state index is 0.00325. The first-order valence-corrected chi connectivity index (χ1v) is 8.25. The van der Waals surface area contributed by atoms with E-state index in [0.717, 1.165) is 5.56 Å². The third-order valence-electron chi connectivity index (χ3n) is 4.05. The summed E-state index contributed by atoms with van der Waals surface area (Å²) in [5, 5.41) is 13.6. The van der Waals surface area contributed by atoms with Crippen molar-refractivity contribution in [3.63, 3.8) is 0 Å². The van der Waals surface area contributed by atoms with E-state index in [2.05, 4.69) is 5.32 Å². The summed E-state index contributed by atoms with van der Waals surface area (Å²) in [5.41, 5.74) is 1.75. The topological polar surface area (TPSA) is 94.2 Å². The summed E-state index contributed by atoms with van der Waals surface area (Å²) in [6, 6.07) is 16.4. The number of rotatable bonds is 5. The van der Waals surface area contributed by atoms with Crippen molar-refractivity contribution in [3.8, 4) is 0 Å². The van der Waals surface area contributed by atoms with Gasteiger partial charge in [-0.1, -0.05) is 29.8 Å². The fourth-order valence-corrected chi connectivity index (χ4v) is 2.63. The van der Waals surface area contributed by atoms with Crippen molar-refractivity contribution in [2.24, 2.45) is 0 Å². The number of benzene rings is 2. The van der Waals surface area contributed by atoms with Gasteiger partial charge in [-0.15, -0.1) is 0 Å². The van der Waals surface area contributed by atoms with E-state index in [1.807, 2.05) is 19.1 Å². The number of aromatic nitrogens is 1. The monoisotopic (exact) mass is 363 g/mol. The Balaban J connectivity index is 1.84. The number of carbonyl (C=O) groups excluding carboxylic acids is 1. The van der Waals surface area contributed by atoms with Gasteiger partial charge in [-0.05, 0) is 36.8 Å². The summed E-state index contributed by atoms with van der Waals surface area (Å²) in [6.07, 6.45) is 1.55. The molecule has 7 nitrogen and oxygen atoms in total. The molecule has 3 aromatic rings. The highest BCUT2D eigenvalue weighted by atomic mass is 16.6. The Hall–Kier alpha value is -3.74. The summed E-state index contributed by atoms with van der Waals surface area (Å²) in [5.74, 6) is -0.503. The fourth-order valence-electron chi connectivity index (χ4n) is 2.63. The first-order valence-electron chi connectivity index (χ1n) is 8.25. The maximum absolute atomic E-state index is 12.6. The zero-order valence-corrected chi connectivity index (χ0v) is 14.6. The third-order valence-corrected chi connectivity index (χ3v) is 4.05. The molecule has 0 atom stereocenters. The Morgan fingerprint density at radius 1 is 1.11 bits per heavy atom. The van der Waals surface area contributed by atoms with Crippen molar-refractivity contribution in [1.29, 1.82) is 0 Å². The van der Waals surface area contributed by atoms with Crippen LogP contribution in [0.4, 0.5) is 11.4 Å². The Kier molecular flexibility index (Phi) is 5.12. The largest absolute Gasteiger partial charge is 0.322 e. The van der Waals surface area contributed by atoms with Crippen LogP contribution in [0.1, 0.15) is 21.5 Å². The summed E-state index contributed by atoms with van der Waals surface area (Å²) in [7, 11) is 0. The minimum Gasteiger partial charge on any atom is -0.322 e. The smallest absolute Gasteiger partial charge is 0.269 e. The van der Waals surface area contributed by atoms with Crippen molar-refractivity contribution in [2.45, 2.75) is 13.5 Å². The second kappa shape index (κ2) is 7.65. The zero-order chi connectivity index (χ0) is 19.4. The zero-order valence-electron chi connectivity index (χ0n) is 14.6. The average molecular weight is 363 g/mol. The third kappa shape index (κ3) is 4.27. The van der Waals surface area contributed by atoms with Crippen molar-refractivity contribution in [2.75, 3.05) is 5.32 Å². The second-order valence-electron chi connectivity index (χ2n) is 6.10. The highest BCUT2D eigenvalue weighted by molar-refractivity contribution is 6.03. The Labute approximate surface area is 155 Å². The molecule has 0 saturated carbocycles. The molecule has 0 fully saturated rings. The molecular formula is C20H17N3O4. The number of nitrogens with zero attached hydrogens (tertiary/aromatic N) is 2. The summed E-state index contributed by atoms with van der Waals surface area (Å²) >= 11 is 0. The van der Waals surface area contributed by atoms with Crippen LogP contribution in [-0.2, 0) is 6.54 Å². The summed E-state index contributed by atoms with van der Waals surface area (Å²) in [4.78, 5) is 35.5. The molecule has 3 rings (SSSR count). The van der Waals surface area contributed by atoms with E-state index in [9.17, 15) is 19.7 Å². The highest BCUT2D eigenvalue weighted by Crippen LogP contribution is 2.14. The van der Waals surface area contributed by atoms with E-state index in [1.54, 1.807) is 36.5 Å². The molecule has 0 radical (unpaired) electrons. The molecule has 0 aliphatic carbocycles. The van der Waals surface area contributed by atoms with Gasteiger partial charge in [0.25, 0.3) is 17.2 Å². The molecule has 0 aliphatic rings. The highest BCUT2D eigenvalue weighted by Gasteiger charge is 2.13. The van der Waals surface area contributed by atoms with Crippen molar-refractivity contribution < 1.29 is 9.72 Å². The number of anilines is 1. The molecule has 0 spiro atoms. The molecule has 1 amide bonds. The predicted octanol–water partition coefficient (Wildman–Crippen LogP) is 3.37. The van der Waals surface area contributed by atoms with Gasteiger partial charge in [-0.2, -0.15) is 0 Å². The van der Waals surface area contributed by atoms with E-state index < -0.39 is 16.4 Å². The minimum atomic E-state index is -0.503. The molecule has 0 unspecified atom stereocenters. The van der Waals surface area contributed by atoms with Crippen LogP contribution >= 0.6 is 0 Å². The van der Waals surface area contributed by atoms with E-state index in [1.165, 1.54) is 22.8 Å². The van der Waals surface area contributed by atoms with Gasteiger partial charge in [0.05, 0.1) is 11.5 Å². The van der Waals surface area contributed by atoms with Crippen LogP contribution in [0.5, 0.6) is 0 Å². The van der Waals surface area contributed by atoms with Gasteiger partial charge in [0, 0.05) is 24.0 Å². The van der Waals surface area contributed by atoms with E-state index >= 15 is 0 Å². The van der Waals surface area contributed by atoms with Crippen LogP contribution < -0.4 is 10.9 Å². The summed E-state index contributed by atoms with van der Waals surface area (Å²) < 4.78 is 1.35. The second-order valence-corrected chi connectivity index (χ2v) is 6.10. The standard InChI is InChI=1S/C20H17N3O4/c1-14-7-9-16(10-8-14)21-19(24)18-6-3-11-22(20(18)25)13-15-4-2-5-17(12-15)23(26)27/h2-12H,13H2,1H3,(H,21,24). The van der Waals surface area contributed by atoms with Crippen LogP contribution in [0.3, 0.4) is 0 Å². The van der Waals surface area contributed by atoms with Gasteiger partial charge in [0.15, 0.2) is 0 Å². The molecule has 2 aromatic carbocycles. The molecule has 27 heavy (non-hydrogen) atoms. The van der Waals surface area contributed by atoms with Crippen molar-refractivity contribution in [3.05, 3.63) is 104 Å². The first-order chi connectivity index (χ1) is 12.9. The van der Waals surface area contributed by atoms with E-state index in [4.69, 9.17) is 0 Å². The lowest BCUT2D eigenvalue weighted by Gasteiger charge is -2.09. The molecule has 1 aromatic heterocycles. The van der Waals surface area contributed by atoms with Gasteiger partial charge in [-0.3, -0.25) is 19.7 Å². The van der Waals surface area contributed by atoms with Gasteiger partial charge in [0.2, 0.25) is 0 Å². The van der Waals surface area contributed by atoms with Crippen LogP contribution in [0.25, 0.3) is 0 Å². The Morgan fingerprint density at radius 3 is 2.56 bits per heavy atom. The van der Waals surface area contributed by atoms with Crippen LogP contribution in [0.2, 0.25) is 0 Å². The quantitative estimate of drug-likeness (QED) is 0.555. The first kappa shape index (κ1) is 18.1. The van der Waals surface area contributed by atoms with Gasteiger partial charge in [0.1, 0.15) is 5.56 Å². The van der Waals surface area contributed by atoms with Crippen molar-refractivity contribution in [1.82, 2.24) is 4.57 Å². The Morgan fingerprint density at radius 2 is 1.85 bits per heavy atom. The van der Waals surface area contributed by atoms with Gasteiger partial charge in [-0.25, -0.2) is 0 Å². The average Bonchev–Trinajstić information content (AvgIpc) is 2.65. The SMILES string of the molecule is Cc1ccc(NC(=O)c2cccn(Cc3cccc([N+](=O)[O-])c3)c2=O)cc1. The predicted molar refractivity (Wildman–Crippen MR) is 102 cm³/mol. The van der Waals surface area contributed by atoms with Gasteiger partial charge >= 0.3 is 0 Å². The fraction of sp³-hybridized carbons (Fsp3) is 0.100. The number of carbonyl (C=O) groups is 1. The summed E-state index contributed by atoms with van der Waals surface area (Å²) in [6.45, 7) is 2.07. The number of hydrogen-bond acceptors (Lipinski definition) is 4. The number of nitro groups is 1. The lowest BCUT2D eigenvalue weighted by molar-refractivity contribution is -0.384. The van der Waals surface area contributed by atoms with Gasteiger partial charge < -0.3 is 9.88 Å². The van der Waals surface area contributed by atoms with E-state index in [-0.39, 0.29) is 17.8 Å². The van der Waals surface area contributed by atoms with Crippen LogP contribution in [0, 0.1) is 17.0 Å². The normalized spacial score (nSPS) is 10.4. The van der Waals surface area contributed by atoms with Crippen molar-refractivity contribution >= 4 is 17.3 Å². The maximum Gasteiger partial charge on any atom is 0.269 e. The molecule has 0 saturated heterocycles. The molecule has 136 valence electrons. The molecule has 0 aliphatic heterocycles. The molecule has 1 N–H and O–H groups in total. The molecule has 1 heterocycles. The van der Waals surface area contributed by atoms with E-state index in [0.29, 0.717) is 11.3 Å². The van der Waals surface area contributed by atoms with Crippen LogP contribution in [-0.4, -0.2) is 15.4 Å². The molecular weight excluding hydrogens is 346 g/mol. The number of hydrogen-bond donors (Lipinski definition) is 1. The number of pyridine rings is 1. The maximum atomic E-state index is 12.6. The number of nitro benzene ring substituents is 1. The molecule has 0 bridgehead atoms. The number of non-ortho nitro benzene ring substituents is 1. The number of amides is 1. The Bertz CT molecular complexity index is 1060. The lowest BCUT2D eigenvalue weighted by Crippen LogP contribution is -2.29. The number of aryl methyl sites for hydroxylation is 1.